The summed E-state index contributed by atoms with van der Waals surface area (Å²) in [6, 6.07) is 8.11. The third-order valence-electron chi connectivity index (χ3n) is 3.31. The number of rotatable bonds is 7. The normalized spacial score (nSPS) is 11.5. The second kappa shape index (κ2) is 9.46. The highest BCUT2D eigenvalue weighted by Gasteiger charge is 2.27. The van der Waals surface area contributed by atoms with Gasteiger partial charge in [0, 0.05) is 15.3 Å². The maximum Gasteiger partial charge on any atom is 0.513 e. The monoisotopic (exact) mass is 473 g/mol. The molecule has 2 rings (SSSR count). The molecule has 0 aliphatic heterocycles. The Morgan fingerprint density at radius 2 is 1.81 bits per heavy atom. The van der Waals surface area contributed by atoms with Crippen molar-refractivity contribution in [2.75, 3.05) is 18.5 Å². The molecule has 0 spiro atoms. The SMILES string of the molecule is CCOC(=O)Oc1cc(C(Nc2ccc(I)cc2)C(=O)OCC)oc1C. The molecule has 1 unspecified atom stereocenters. The summed E-state index contributed by atoms with van der Waals surface area (Å²) < 4.78 is 21.7. The molecule has 7 nitrogen and oxygen atoms in total. The molecule has 1 atom stereocenters. The Morgan fingerprint density at radius 1 is 1.15 bits per heavy atom. The van der Waals surface area contributed by atoms with Crippen LogP contribution in [-0.2, 0) is 14.3 Å². The first-order valence-corrected chi connectivity index (χ1v) is 9.16. The summed E-state index contributed by atoms with van der Waals surface area (Å²) in [4.78, 5) is 23.9. The van der Waals surface area contributed by atoms with Crippen LogP contribution in [-0.4, -0.2) is 25.3 Å². The van der Waals surface area contributed by atoms with Crippen molar-refractivity contribution < 1.29 is 28.2 Å². The van der Waals surface area contributed by atoms with Crippen molar-refractivity contribution >= 4 is 40.4 Å². The lowest BCUT2D eigenvalue weighted by molar-refractivity contribution is -0.144. The van der Waals surface area contributed by atoms with Gasteiger partial charge in [-0.2, -0.15) is 0 Å². The van der Waals surface area contributed by atoms with E-state index in [1.54, 1.807) is 20.8 Å². The van der Waals surface area contributed by atoms with E-state index in [4.69, 9.17) is 18.6 Å². The number of nitrogens with one attached hydrogen (secondary N) is 1. The largest absolute Gasteiger partial charge is 0.513 e. The Labute approximate surface area is 165 Å². The van der Waals surface area contributed by atoms with E-state index in [0.717, 1.165) is 9.26 Å². The van der Waals surface area contributed by atoms with Gasteiger partial charge in [0.2, 0.25) is 0 Å². The summed E-state index contributed by atoms with van der Waals surface area (Å²) in [5, 5.41) is 3.08. The van der Waals surface area contributed by atoms with E-state index in [2.05, 4.69) is 27.9 Å². The summed E-state index contributed by atoms with van der Waals surface area (Å²) >= 11 is 2.20. The Balaban J connectivity index is 2.25. The number of hydrogen-bond donors (Lipinski definition) is 1. The molecule has 0 aliphatic carbocycles. The van der Waals surface area contributed by atoms with Crippen LogP contribution >= 0.6 is 22.6 Å². The quantitative estimate of drug-likeness (QED) is 0.470. The lowest BCUT2D eigenvalue weighted by atomic mass is 10.2. The first kappa shape index (κ1) is 20.1. The topological polar surface area (TPSA) is 87.0 Å². The lowest BCUT2D eigenvalue weighted by Crippen LogP contribution is -2.23. The number of benzene rings is 1. The van der Waals surface area contributed by atoms with Crippen LogP contribution in [0.3, 0.4) is 0 Å². The Morgan fingerprint density at radius 3 is 2.42 bits per heavy atom. The van der Waals surface area contributed by atoms with Crippen molar-refractivity contribution in [3.05, 3.63) is 45.4 Å². The van der Waals surface area contributed by atoms with Crippen LogP contribution in [0.2, 0.25) is 0 Å². The van der Waals surface area contributed by atoms with E-state index in [-0.39, 0.29) is 24.7 Å². The highest BCUT2D eigenvalue weighted by molar-refractivity contribution is 14.1. The van der Waals surface area contributed by atoms with Crippen molar-refractivity contribution in [1.29, 1.82) is 0 Å². The van der Waals surface area contributed by atoms with Crippen LogP contribution in [0.5, 0.6) is 5.75 Å². The zero-order valence-electron chi connectivity index (χ0n) is 14.7. The van der Waals surface area contributed by atoms with Gasteiger partial charge < -0.3 is 23.9 Å². The molecule has 140 valence electrons. The van der Waals surface area contributed by atoms with Crippen molar-refractivity contribution in [2.24, 2.45) is 0 Å². The second-order valence-corrected chi connectivity index (χ2v) is 6.44. The first-order valence-electron chi connectivity index (χ1n) is 8.08. The number of hydrogen-bond acceptors (Lipinski definition) is 7. The molecule has 1 N–H and O–H groups in total. The van der Waals surface area contributed by atoms with Gasteiger partial charge in [-0.05, 0) is 67.6 Å². The fraction of sp³-hybridized carbons (Fsp3) is 0.333. The van der Waals surface area contributed by atoms with E-state index >= 15 is 0 Å². The van der Waals surface area contributed by atoms with Crippen molar-refractivity contribution in [3.63, 3.8) is 0 Å². The molecular weight excluding hydrogens is 453 g/mol. The maximum atomic E-state index is 12.4. The van der Waals surface area contributed by atoms with Crippen molar-refractivity contribution in [2.45, 2.75) is 26.8 Å². The molecule has 0 amide bonds. The van der Waals surface area contributed by atoms with Crippen LogP contribution < -0.4 is 10.1 Å². The smallest absolute Gasteiger partial charge is 0.464 e. The predicted octanol–water partition coefficient (Wildman–Crippen LogP) is 4.44. The van der Waals surface area contributed by atoms with Gasteiger partial charge in [0.1, 0.15) is 11.5 Å². The second-order valence-electron chi connectivity index (χ2n) is 5.19. The Bertz CT molecular complexity index is 756. The van der Waals surface area contributed by atoms with Crippen molar-refractivity contribution in [3.8, 4) is 5.75 Å². The van der Waals surface area contributed by atoms with Crippen LogP contribution in [0.4, 0.5) is 10.5 Å². The molecular formula is C18H20INO6. The van der Waals surface area contributed by atoms with Crippen LogP contribution in [0.15, 0.2) is 34.7 Å². The Hall–Kier alpha value is -2.23. The summed E-state index contributed by atoms with van der Waals surface area (Å²) in [5.41, 5.74) is 0.727. The summed E-state index contributed by atoms with van der Waals surface area (Å²) in [7, 11) is 0. The van der Waals surface area contributed by atoms with Gasteiger partial charge >= 0.3 is 12.1 Å². The van der Waals surface area contributed by atoms with E-state index in [1.807, 2.05) is 24.3 Å². The van der Waals surface area contributed by atoms with Crippen LogP contribution in [0.25, 0.3) is 0 Å². The fourth-order valence-corrected chi connectivity index (χ4v) is 2.51. The van der Waals surface area contributed by atoms with Crippen LogP contribution in [0, 0.1) is 10.5 Å². The minimum absolute atomic E-state index is 0.192. The van der Waals surface area contributed by atoms with E-state index in [0.29, 0.717) is 5.76 Å². The molecule has 26 heavy (non-hydrogen) atoms. The predicted molar refractivity (Wildman–Crippen MR) is 103 cm³/mol. The average Bonchev–Trinajstić information content (AvgIpc) is 2.95. The molecule has 1 heterocycles. The molecule has 0 radical (unpaired) electrons. The van der Waals surface area contributed by atoms with Crippen LogP contribution in [0.1, 0.15) is 31.4 Å². The zero-order valence-corrected chi connectivity index (χ0v) is 16.9. The summed E-state index contributed by atoms with van der Waals surface area (Å²) in [5.74, 6) is 0.324. The van der Waals surface area contributed by atoms with Crippen molar-refractivity contribution in [1.82, 2.24) is 0 Å². The standard InChI is InChI=1S/C18H20INO6/c1-4-23-17(21)16(20-13-8-6-12(19)7-9-13)15-10-14(11(3)25-15)26-18(22)24-5-2/h6-10,16,20H,4-5H2,1-3H3. The molecule has 0 saturated carbocycles. The van der Waals surface area contributed by atoms with E-state index in [9.17, 15) is 9.59 Å². The third-order valence-corrected chi connectivity index (χ3v) is 4.03. The molecule has 1 aromatic carbocycles. The van der Waals surface area contributed by atoms with E-state index in [1.165, 1.54) is 6.07 Å². The number of furan rings is 1. The number of carbonyl (C=O) groups is 2. The van der Waals surface area contributed by atoms with Gasteiger partial charge in [0.05, 0.1) is 13.2 Å². The highest BCUT2D eigenvalue weighted by atomic mass is 127. The Kier molecular flexibility index (Phi) is 7.31. The molecule has 1 aromatic heterocycles. The van der Waals surface area contributed by atoms with Gasteiger partial charge in [-0.25, -0.2) is 9.59 Å². The fourth-order valence-electron chi connectivity index (χ4n) is 2.15. The van der Waals surface area contributed by atoms with E-state index < -0.39 is 18.2 Å². The molecule has 0 fully saturated rings. The summed E-state index contributed by atoms with van der Waals surface area (Å²) in [6.45, 7) is 5.46. The highest BCUT2D eigenvalue weighted by Crippen LogP contribution is 2.30. The summed E-state index contributed by atoms with van der Waals surface area (Å²) in [6.07, 6.45) is -0.832. The van der Waals surface area contributed by atoms with Gasteiger partial charge in [-0.1, -0.05) is 0 Å². The molecule has 2 aromatic rings. The first-order chi connectivity index (χ1) is 12.4. The number of aryl methyl sites for hydroxylation is 1. The molecule has 0 aliphatic rings. The number of carbonyl (C=O) groups excluding carboxylic acids is 2. The lowest BCUT2D eigenvalue weighted by Gasteiger charge is -2.16. The van der Waals surface area contributed by atoms with Gasteiger partial charge in [0.25, 0.3) is 0 Å². The molecule has 8 heteroatoms. The minimum atomic E-state index is -0.881. The number of ether oxygens (including phenoxy) is 3. The number of esters is 1. The van der Waals surface area contributed by atoms with Gasteiger partial charge in [-0.3, -0.25) is 0 Å². The van der Waals surface area contributed by atoms with Gasteiger partial charge in [-0.15, -0.1) is 0 Å². The average molecular weight is 473 g/mol. The minimum Gasteiger partial charge on any atom is -0.464 e. The number of anilines is 1. The number of halogens is 1. The third kappa shape index (κ3) is 5.38. The van der Waals surface area contributed by atoms with Gasteiger partial charge in [0.15, 0.2) is 11.8 Å². The molecule has 0 bridgehead atoms. The zero-order chi connectivity index (χ0) is 19.1. The maximum absolute atomic E-state index is 12.4. The molecule has 0 saturated heterocycles.